The van der Waals surface area contributed by atoms with Crippen LogP contribution in [0.4, 0.5) is 10.1 Å². The molecular formula is C21H17BrFNO2. The quantitative estimate of drug-likeness (QED) is 0.685. The van der Waals surface area contributed by atoms with E-state index in [9.17, 15) is 14.0 Å². The molecule has 3 nitrogen and oxygen atoms in total. The normalized spacial score (nSPS) is 20.4. The summed E-state index contributed by atoms with van der Waals surface area (Å²) in [5.74, 6) is -0.974. The molecule has 26 heavy (non-hydrogen) atoms. The van der Waals surface area contributed by atoms with Crippen molar-refractivity contribution in [3.63, 3.8) is 0 Å². The van der Waals surface area contributed by atoms with E-state index in [-0.39, 0.29) is 23.9 Å². The van der Waals surface area contributed by atoms with E-state index in [2.05, 4.69) is 15.9 Å². The molecule has 1 amide bonds. The standard InChI is InChI=1S/C21H17BrFNO2/c22-15-7-2-4-9-17(15)24-18-10-5-11-19(25)21(18)14(12-20(24)26)13-6-1-3-8-16(13)23/h1-4,6-9,14H,5,10-12H2. The van der Waals surface area contributed by atoms with Gasteiger partial charge in [-0.1, -0.05) is 30.3 Å². The first-order valence-corrected chi connectivity index (χ1v) is 9.45. The Hall–Kier alpha value is -2.27. The zero-order valence-corrected chi connectivity index (χ0v) is 15.6. The van der Waals surface area contributed by atoms with E-state index < -0.39 is 5.92 Å². The van der Waals surface area contributed by atoms with Crippen LogP contribution in [-0.4, -0.2) is 11.7 Å². The van der Waals surface area contributed by atoms with Crippen molar-refractivity contribution in [3.8, 4) is 0 Å². The minimum atomic E-state index is -0.509. The lowest BCUT2D eigenvalue weighted by Crippen LogP contribution is -2.40. The van der Waals surface area contributed by atoms with Crippen molar-refractivity contribution in [1.29, 1.82) is 0 Å². The number of carbonyl (C=O) groups is 2. The van der Waals surface area contributed by atoms with Gasteiger partial charge in [0, 0.05) is 34.5 Å². The van der Waals surface area contributed by atoms with Crippen LogP contribution in [0.25, 0.3) is 0 Å². The van der Waals surface area contributed by atoms with Gasteiger partial charge in [-0.15, -0.1) is 0 Å². The molecule has 1 unspecified atom stereocenters. The molecule has 2 aromatic rings. The molecule has 1 atom stereocenters. The summed E-state index contributed by atoms with van der Waals surface area (Å²) in [6.45, 7) is 0. The van der Waals surface area contributed by atoms with Crippen LogP contribution in [0.1, 0.15) is 37.2 Å². The fourth-order valence-electron chi connectivity index (χ4n) is 3.93. The van der Waals surface area contributed by atoms with Crippen LogP contribution >= 0.6 is 15.9 Å². The van der Waals surface area contributed by atoms with Crippen LogP contribution < -0.4 is 4.90 Å². The fourth-order valence-corrected chi connectivity index (χ4v) is 4.39. The second-order valence-electron chi connectivity index (χ2n) is 6.60. The Morgan fingerprint density at radius 3 is 2.50 bits per heavy atom. The van der Waals surface area contributed by atoms with E-state index in [1.807, 2.05) is 24.3 Å². The number of hydrogen-bond acceptors (Lipinski definition) is 2. The van der Waals surface area contributed by atoms with Crippen LogP contribution in [0.2, 0.25) is 0 Å². The molecule has 0 radical (unpaired) electrons. The van der Waals surface area contributed by atoms with Gasteiger partial charge in [0.25, 0.3) is 0 Å². The number of benzene rings is 2. The van der Waals surface area contributed by atoms with E-state index >= 15 is 0 Å². The Balaban J connectivity index is 1.91. The number of halogens is 2. The number of hydrogen-bond donors (Lipinski definition) is 0. The van der Waals surface area contributed by atoms with Crippen molar-refractivity contribution in [2.45, 2.75) is 31.6 Å². The number of carbonyl (C=O) groups excluding carboxylic acids is 2. The molecule has 132 valence electrons. The number of rotatable bonds is 2. The van der Waals surface area contributed by atoms with Gasteiger partial charge in [0.1, 0.15) is 5.82 Å². The highest BCUT2D eigenvalue weighted by Crippen LogP contribution is 2.45. The molecule has 0 saturated heterocycles. The highest BCUT2D eigenvalue weighted by Gasteiger charge is 2.40. The van der Waals surface area contributed by atoms with Gasteiger partial charge in [0.15, 0.2) is 5.78 Å². The highest BCUT2D eigenvalue weighted by atomic mass is 79.9. The lowest BCUT2D eigenvalue weighted by atomic mass is 9.77. The first-order valence-electron chi connectivity index (χ1n) is 8.66. The molecule has 5 heteroatoms. The molecule has 1 aliphatic heterocycles. The number of allylic oxidation sites excluding steroid dienone is 2. The average molecular weight is 414 g/mol. The maximum Gasteiger partial charge on any atom is 0.232 e. The monoisotopic (exact) mass is 413 g/mol. The third-order valence-electron chi connectivity index (χ3n) is 5.05. The molecule has 0 fully saturated rings. The lowest BCUT2D eigenvalue weighted by Gasteiger charge is -2.38. The lowest BCUT2D eigenvalue weighted by molar-refractivity contribution is -0.119. The molecule has 0 bridgehead atoms. The van der Waals surface area contributed by atoms with Crippen molar-refractivity contribution in [3.05, 3.63) is 75.7 Å². The Morgan fingerprint density at radius 2 is 1.73 bits per heavy atom. The van der Waals surface area contributed by atoms with Gasteiger partial charge in [-0.05, 0) is 52.5 Å². The number of anilines is 1. The van der Waals surface area contributed by atoms with E-state index in [0.29, 0.717) is 30.4 Å². The zero-order chi connectivity index (χ0) is 18.3. The first kappa shape index (κ1) is 17.2. The van der Waals surface area contributed by atoms with E-state index in [1.165, 1.54) is 6.07 Å². The summed E-state index contributed by atoms with van der Waals surface area (Å²) < 4.78 is 15.2. The molecule has 1 heterocycles. The maximum absolute atomic E-state index is 14.4. The first-order chi connectivity index (χ1) is 12.6. The third-order valence-corrected chi connectivity index (χ3v) is 5.72. The van der Waals surface area contributed by atoms with Gasteiger partial charge in [-0.3, -0.25) is 14.5 Å². The summed E-state index contributed by atoms with van der Waals surface area (Å²) in [5.41, 5.74) is 2.47. The molecule has 1 aliphatic carbocycles. The largest absolute Gasteiger partial charge is 0.294 e. The summed E-state index contributed by atoms with van der Waals surface area (Å²) in [4.78, 5) is 27.4. The second-order valence-corrected chi connectivity index (χ2v) is 7.45. The smallest absolute Gasteiger partial charge is 0.232 e. The van der Waals surface area contributed by atoms with Gasteiger partial charge in [0.05, 0.1) is 5.69 Å². The molecule has 0 saturated carbocycles. The van der Waals surface area contributed by atoms with Gasteiger partial charge < -0.3 is 0 Å². The molecule has 4 rings (SSSR count). The summed E-state index contributed by atoms with van der Waals surface area (Å²) in [5, 5.41) is 0. The fraction of sp³-hybridized carbons (Fsp3) is 0.238. The van der Waals surface area contributed by atoms with Crippen molar-refractivity contribution < 1.29 is 14.0 Å². The summed E-state index contributed by atoms with van der Waals surface area (Å²) in [6.07, 6.45) is 1.88. The number of nitrogens with zero attached hydrogens (tertiary/aromatic N) is 1. The predicted molar refractivity (Wildman–Crippen MR) is 101 cm³/mol. The SMILES string of the molecule is O=C1CCCC2=C1C(c1ccccc1F)CC(=O)N2c1ccccc1Br. The van der Waals surface area contributed by atoms with E-state index in [1.54, 1.807) is 23.1 Å². The second kappa shape index (κ2) is 6.80. The Morgan fingerprint density at radius 1 is 1.00 bits per heavy atom. The van der Waals surface area contributed by atoms with E-state index in [0.717, 1.165) is 15.9 Å². The van der Waals surface area contributed by atoms with Crippen LogP contribution in [0, 0.1) is 5.82 Å². The molecular weight excluding hydrogens is 397 g/mol. The Bertz CT molecular complexity index is 937. The zero-order valence-electron chi connectivity index (χ0n) is 14.0. The van der Waals surface area contributed by atoms with Crippen LogP contribution in [0.3, 0.4) is 0 Å². The Kier molecular flexibility index (Phi) is 4.49. The summed E-state index contributed by atoms with van der Waals surface area (Å²) in [7, 11) is 0. The minimum Gasteiger partial charge on any atom is -0.294 e. The Labute approximate surface area is 159 Å². The van der Waals surface area contributed by atoms with Gasteiger partial charge in [-0.2, -0.15) is 0 Å². The average Bonchev–Trinajstić information content (AvgIpc) is 2.63. The third kappa shape index (κ3) is 2.80. The number of amides is 1. The van der Waals surface area contributed by atoms with Gasteiger partial charge in [-0.25, -0.2) is 4.39 Å². The molecule has 2 aliphatic rings. The highest BCUT2D eigenvalue weighted by molar-refractivity contribution is 9.10. The number of ketones is 1. The minimum absolute atomic E-state index is 0.0176. The topological polar surface area (TPSA) is 37.4 Å². The van der Waals surface area contributed by atoms with Crippen LogP contribution in [0.15, 0.2) is 64.3 Å². The summed E-state index contributed by atoms with van der Waals surface area (Å²) >= 11 is 3.50. The predicted octanol–water partition coefficient (Wildman–Crippen LogP) is 5.12. The number of para-hydroxylation sites is 1. The summed E-state index contributed by atoms with van der Waals surface area (Å²) in [6, 6.07) is 13.9. The molecule has 0 aromatic heterocycles. The van der Waals surface area contributed by atoms with Crippen LogP contribution in [0.5, 0.6) is 0 Å². The van der Waals surface area contributed by atoms with Crippen LogP contribution in [-0.2, 0) is 9.59 Å². The van der Waals surface area contributed by atoms with E-state index in [4.69, 9.17) is 0 Å². The van der Waals surface area contributed by atoms with Gasteiger partial charge in [0.2, 0.25) is 5.91 Å². The molecule has 0 N–H and O–H groups in total. The molecule has 0 spiro atoms. The van der Waals surface area contributed by atoms with Crippen molar-refractivity contribution in [2.24, 2.45) is 0 Å². The van der Waals surface area contributed by atoms with Crippen molar-refractivity contribution >= 4 is 33.3 Å². The van der Waals surface area contributed by atoms with Gasteiger partial charge >= 0.3 is 0 Å². The van der Waals surface area contributed by atoms with Crippen molar-refractivity contribution in [2.75, 3.05) is 4.90 Å². The number of Topliss-reactive ketones (excluding diaryl/α,β-unsaturated/α-hetero) is 1. The van der Waals surface area contributed by atoms with Crippen molar-refractivity contribution in [1.82, 2.24) is 0 Å². The molecule has 2 aromatic carbocycles. The maximum atomic E-state index is 14.4.